The zero-order chi connectivity index (χ0) is 7.56. The van der Waals surface area contributed by atoms with Crippen LogP contribution in [0.5, 0.6) is 0 Å². The molecule has 0 aromatic heterocycles. The highest BCUT2D eigenvalue weighted by Crippen LogP contribution is 2.06. The molecule has 10 heavy (non-hydrogen) atoms. The van der Waals surface area contributed by atoms with E-state index >= 15 is 0 Å². The van der Waals surface area contributed by atoms with E-state index in [0.717, 1.165) is 13.0 Å². The summed E-state index contributed by atoms with van der Waals surface area (Å²) in [5.74, 6) is 0.449. The van der Waals surface area contributed by atoms with Crippen molar-refractivity contribution >= 4 is 5.91 Å². The third kappa shape index (κ3) is 1.48. The third-order valence-corrected chi connectivity index (χ3v) is 1.90. The number of rotatable bonds is 0. The van der Waals surface area contributed by atoms with E-state index in [1.807, 2.05) is 14.0 Å². The van der Waals surface area contributed by atoms with Gasteiger partial charge in [0.15, 0.2) is 0 Å². The first-order valence-corrected chi connectivity index (χ1v) is 3.67. The van der Waals surface area contributed by atoms with Crippen LogP contribution >= 0.6 is 0 Å². The Labute approximate surface area is 61.4 Å². The highest BCUT2D eigenvalue weighted by Gasteiger charge is 2.19. The lowest BCUT2D eigenvalue weighted by molar-refractivity contribution is -0.133. The van der Waals surface area contributed by atoms with Gasteiger partial charge in [0.25, 0.3) is 0 Å². The summed E-state index contributed by atoms with van der Waals surface area (Å²) in [6, 6.07) is 0. The second-order valence-corrected chi connectivity index (χ2v) is 2.88. The molecule has 1 heterocycles. The number of hydrogen-bond acceptors (Lipinski definition) is 2. The number of hydrogen-bond donors (Lipinski definition) is 1. The summed E-state index contributed by atoms with van der Waals surface area (Å²) < 4.78 is 0. The first-order chi connectivity index (χ1) is 4.72. The molecular formula is C7H14N2O. The van der Waals surface area contributed by atoms with Crippen molar-refractivity contribution in [2.45, 2.75) is 13.3 Å². The lowest BCUT2D eigenvalue weighted by atomic mass is 10.1. The maximum atomic E-state index is 11.2. The van der Waals surface area contributed by atoms with Gasteiger partial charge in [0.05, 0.1) is 6.67 Å². The maximum Gasteiger partial charge on any atom is 0.226 e. The Kier molecular flexibility index (Phi) is 2.27. The number of amides is 1. The first-order valence-electron chi connectivity index (χ1n) is 3.67. The van der Waals surface area contributed by atoms with Gasteiger partial charge in [0.2, 0.25) is 5.91 Å². The molecule has 0 aromatic rings. The smallest absolute Gasteiger partial charge is 0.226 e. The van der Waals surface area contributed by atoms with Gasteiger partial charge in [-0.25, -0.2) is 0 Å². The molecule has 1 amide bonds. The largest absolute Gasteiger partial charge is 0.333 e. The molecule has 0 aromatic carbocycles. The fourth-order valence-electron chi connectivity index (χ4n) is 1.14. The first kappa shape index (κ1) is 7.54. The van der Waals surface area contributed by atoms with Crippen LogP contribution < -0.4 is 5.32 Å². The van der Waals surface area contributed by atoms with Gasteiger partial charge >= 0.3 is 0 Å². The fourth-order valence-corrected chi connectivity index (χ4v) is 1.14. The third-order valence-electron chi connectivity index (χ3n) is 1.90. The number of nitrogens with one attached hydrogen (secondary N) is 1. The average Bonchev–Trinajstić information content (AvgIpc) is 2.04. The molecule has 1 N–H and O–H groups in total. The summed E-state index contributed by atoms with van der Waals surface area (Å²) >= 11 is 0. The summed E-state index contributed by atoms with van der Waals surface area (Å²) in [5.41, 5.74) is 0. The summed E-state index contributed by atoms with van der Waals surface area (Å²) in [6.07, 6.45) is 0.961. The molecule has 1 fully saturated rings. The molecule has 0 unspecified atom stereocenters. The summed E-state index contributed by atoms with van der Waals surface area (Å²) in [5, 5.41) is 3.16. The van der Waals surface area contributed by atoms with Crippen LogP contribution in [0.3, 0.4) is 0 Å². The molecule has 3 nitrogen and oxygen atoms in total. The van der Waals surface area contributed by atoms with E-state index in [-0.39, 0.29) is 11.8 Å². The van der Waals surface area contributed by atoms with E-state index in [4.69, 9.17) is 0 Å². The van der Waals surface area contributed by atoms with Gasteiger partial charge in [-0.3, -0.25) is 10.1 Å². The second-order valence-electron chi connectivity index (χ2n) is 2.88. The molecule has 0 spiro atoms. The van der Waals surface area contributed by atoms with Crippen molar-refractivity contribution in [3.8, 4) is 0 Å². The lowest BCUT2D eigenvalue weighted by Crippen LogP contribution is -2.34. The molecule has 1 rings (SSSR count). The number of carbonyl (C=O) groups is 1. The standard InChI is InChI=1S/C7H14N2O/c1-6-3-4-8-5-9(2)7(6)10/h6,8H,3-5H2,1-2H3/t6-/m0/s1. The molecule has 3 heteroatoms. The van der Waals surface area contributed by atoms with Crippen LogP contribution in [0, 0.1) is 5.92 Å². The van der Waals surface area contributed by atoms with Crippen molar-refractivity contribution in [1.82, 2.24) is 10.2 Å². The molecule has 1 aliphatic heterocycles. The molecule has 58 valence electrons. The second kappa shape index (κ2) is 3.01. The highest BCUT2D eigenvalue weighted by molar-refractivity contribution is 5.78. The lowest BCUT2D eigenvalue weighted by Gasteiger charge is -2.15. The van der Waals surface area contributed by atoms with Gasteiger partial charge in [0, 0.05) is 13.0 Å². The van der Waals surface area contributed by atoms with Crippen LogP contribution in [0.4, 0.5) is 0 Å². The minimum absolute atomic E-state index is 0.194. The summed E-state index contributed by atoms with van der Waals surface area (Å²) in [6.45, 7) is 3.63. The van der Waals surface area contributed by atoms with E-state index in [1.54, 1.807) is 4.90 Å². The molecule has 1 saturated heterocycles. The van der Waals surface area contributed by atoms with Gasteiger partial charge < -0.3 is 4.90 Å². The van der Waals surface area contributed by atoms with E-state index < -0.39 is 0 Å². The molecule has 0 aliphatic carbocycles. The molecule has 1 atom stereocenters. The van der Waals surface area contributed by atoms with E-state index in [0.29, 0.717) is 6.67 Å². The van der Waals surface area contributed by atoms with Crippen LogP contribution in [0.15, 0.2) is 0 Å². The topological polar surface area (TPSA) is 32.3 Å². The van der Waals surface area contributed by atoms with E-state index in [2.05, 4.69) is 5.32 Å². The maximum absolute atomic E-state index is 11.2. The fraction of sp³-hybridized carbons (Fsp3) is 0.857. The van der Waals surface area contributed by atoms with Gasteiger partial charge in [0.1, 0.15) is 0 Å². The van der Waals surface area contributed by atoms with Crippen molar-refractivity contribution < 1.29 is 4.79 Å². The van der Waals surface area contributed by atoms with Crippen LogP contribution in [0.2, 0.25) is 0 Å². The van der Waals surface area contributed by atoms with Gasteiger partial charge in [-0.15, -0.1) is 0 Å². The number of nitrogens with zero attached hydrogens (tertiary/aromatic N) is 1. The SMILES string of the molecule is C[C@H]1CCNCN(C)C1=O. The van der Waals surface area contributed by atoms with Crippen LogP contribution in [-0.4, -0.2) is 31.1 Å². The normalized spacial score (nSPS) is 28.4. The Hall–Kier alpha value is -0.570. The van der Waals surface area contributed by atoms with Crippen molar-refractivity contribution in [1.29, 1.82) is 0 Å². The van der Waals surface area contributed by atoms with Crippen molar-refractivity contribution in [3.63, 3.8) is 0 Å². The average molecular weight is 142 g/mol. The molecular weight excluding hydrogens is 128 g/mol. The Morgan fingerprint density at radius 3 is 3.10 bits per heavy atom. The monoisotopic (exact) mass is 142 g/mol. The molecule has 0 radical (unpaired) electrons. The molecule has 0 saturated carbocycles. The highest BCUT2D eigenvalue weighted by atomic mass is 16.2. The van der Waals surface area contributed by atoms with Crippen molar-refractivity contribution in [2.24, 2.45) is 5.92 Å². The van der Waals surface area contributed by atoms with Crippen LogP contribution in [-0.2, 0) is 4.79 Å². The van der Waals surface area contributed by atoms with Gasteiger partial charge in [-0.2, -0.15) is 0 Å². The minimum Gasteiger partial charge on any atom is -0.333 e. The molecule has 0 bridgehead atoms. The quantitative estimate of drug-likeness (QED) is 0.517. The zero-order valence-electron chi connectivity index (χ0n) is 6.55. The summed E-state index contributed by atoms with van der Waals surface area (Å²) in [7, 11) is 1.83. The Balaban J connectivity index is 2.55. The minimum atomic E-state index is 0.194. The Bertz CT molecular complexity index is 122. The zero-order valence-corrected chi connectivity index (χ0v) is 6.55. The van der Waals surface area contributed by atoms with Crippen LogP contribution in [0.25, 0.3) is 0 Å². The predicted molar refractivity (Wildman–Crippen MR) is 39.4 cm³/mol. The van der Waals surface area contributed by atoms with Gasteiger partial charge in [-0.1, -0.05) is 6.92 Å². The Morgan fingerprint density at radius 1 is 1.70 bits per heavy atom. The Morgan fingerprint density at radius 2 is 2.40 bits per heavy atom. The number of carbonyl (C=O) groups excluding carboxylic acids is 1. The predicted octanol–water partition coefficient (Wildman–Crippen LogP) is 0.0317. The van der Waals surface area contributed by atoms with E-state index in [9.17, 15) is 4.79 Å². The van der Waals surface area contributed by atoms with Gasteiger partial charge in [-0.05, 0) is 13.0 Å². The summed E-state index contributed by atoms with van der Waals surface area (Å²) in [4.78, 5) is 13.0. The molecule has 1 aliphatic rings. The van der Waals surface area contributed by atoms with Crippen molar-refractivity contribution in [2.75, 3.05) is 20.3 Å². The van der Waals surface area contributed by atoms with Crippen LogP contribution in [0.1, 0.15) is 13.3 Å². The van der Waals surface area contributed by atoms with Crippen molar-refractivity contribution in [3.05, 3.63) is 0 Å². The van der Waals surface area contributed by atoms with E-state index in [1.165, 1.54) is 0 Å².